The summed E-state index contributed by atoms with van der Waals surface area (Å²) in [5.74, 6) is 1.26. The van der Waals surface area contributed by atoms with Gasteiger partial charge in [0.25, 0.3) is 5.91 Å². The van der Waals surface area contributed by atoms with Crippen molar-refractivity contribution < 1.29 is 9.53 Å². The Labute approximate surface area is 125 Å². The maximum absolute atomic E-state index is 12.0. The van der Waals surface area contributed by atoms with Gasteiger partial charge in [0.1, 0.15) is 5.69 Å². The molecule has 1 aromatic heterocycles. The van der Waals surface area contributed by atoms with Crippen LogP contribution in [0.1, 0.15) is 36.7 Å². The molecule has 1 amide bonds. The fraction of sp³-hybridized carbons (Fsp3) is 0.667. The summed E-state index contributed by atoms with van der Waals surface area (Å²) in [5, 5.41) is 2.84. The molecule has 1 N–H and O–H groups in total. The van der Waals surface area contributed by atoms with Gasteiger partial charge >= 0.3 is 0 Å². The number of hydrogen-bond donors (Lipinski definition) is 1. The minimum absolute atomic E-state index is 0.153. The third-order valence-corrected chi connectivity index (χ3v) is 3.75. The molecule has 116 valence electrons. The van der Waals surface area contributed by atoms with Gasteiger partial charge in [0, 0.05) is 39.5 Å². The second-order valence-corrected chi connectivity index (χ2v) is 5.51. The quantitative estimate of drug-likeness (QED) is 0.804. The Morgan fingerprint density at radius 2 is 2.24 bits per heavy atom. The number of aromatic nitrogens is 2. The summed E-state index contributed by atoms with van der Waals surface area (Å²) in [5.41, 5.74) is 0.427. The van der Waals surface area contributed by atoms with Crippen LogP contribution in [0.25, 0.3) is 0 Å². The van der Waals surface area contributed by atoms with E-state index >= 15 is 0 Å². The molecule has 1 aromatic rings. The molecule has 1 aliphatic heterocycles. The van der Waals surface area contributed by atoms with Crippen molar-refractivity contribution in [3.05, 3.63) is 18.0 Å². The van der Waals surface area contributed by atoms with Gasteiger partial charge in [-0.25, -0.2) is 9.97 Å². The first kappa shape index (κ1) is 15.7. The number of anilines is 1. The van der Waals surface area contributed by atoms with Gasteiger partial charge in [0.05, 0.1) is 0 Å². The zero-order chi connectivity index (χ0) is 15.1. The molecular weight excluding hydrogens is 268 g/mol. The Morgan fingerprint density at radius 3 is 2.95 bits per heavy atom. The van der Waals surface area contributed by atoms with Gasteiger partial charge in [-0.05, 0) is 31.2 Å². The van der Waals surface area contributed by atoms with Gasteiger partial charge in [-0.1, -0.05) is 6.92 Å². The van der Waals surface area contributed by atoms with E-state index in [2.05, 4.69) is 27.1 Å². The molecule has 0 unspecified atom stereocenters. The van der Waals surface area contributed by atoms with E-state index in [0.717, 1.165) is 38.3 Å². The van der Waals surface area contributed by atoms with Crippen molar-refractivity contribution >= 4 is 11.9 Å². The maximum Gasteiger partial charge on any atom is 0.270 e. The molecule has 1 fully saturated rings. The van der Waals surface area contributed by atoms with E-state index in [1.54, 1.807) is 19.4 Å². The number of rotatable bonds is 6. The molecule has 0 spiro atoms. The molecule has 2 heterocycles. The standard InChI is InChI=1S/C15H24N4O2/c1-12-5-9-19(10-6-12)15-17-8-4-13(18-15)14(20)16-7-3-11-21-2/h4,8,12H,3,5-7,9-11H2,1-2H3,(H,16,20). The van der Waals surface area contributed by atoms with E-state index in [9.17, 15) is 4.79 Å². The van der Waals surface area contributed by atoms with Gasteiger partial charge in [0.2, 0.25) is 5.95 Å². The second kappa shape index (κ2) is 7.93. The minimum atomic E-state index is -0.153. The van der Waals surface area contributed by atoms with Crippen LogP contribution in [0.5, 0.6) is 0 Å². The number of nitrogens with zero attached hydrogens (tertiary/aromatic N) is 3. The Hall–Kier alpha value is -1.69. The first-order chi connectivity index (χ1) is 10.2. The maximum atomic E-state index is 12.0. The van der Waals surface area contributed by atoms with E-state index in [0.29, 0.717) is 24.8 Å². The SMILES string of the molecule is COCCCNC(=O)c1ccnc(N2CCC(C)CC2)n1. The number of nitrogens with one attached hydrogen (secondary N) is 1. The van der Waals surface area contributed by atoms with Crippen LogP contribution in [0.15, 0.2) is 12.3 Å². The number of carbonyl (C=O) groups excluding carboxylic acids is 1. The van der Waals surface area contributed by atoms with Crippen LogP contribution in [0.4, 0.5) is 5.95 Å². The summed E-state index contributed by atoms with van der Waals surface area (Å²) >= 11 is 0. The van der Waals surface area contributed by atoms with Crippen molar-refractivity contribution in [1.82, 2.24) is 15.3 Å². The molecule has 21 heavy (non-hydrogen) atoms. The molecule has 0 bridgehead atoms. The third kappa shape index (κ3) is 4.67. The summed E-state index contributed by atoms with van der Waals surface area (Å²) in [4.78, 5) is 22.9. The number of ether oxygens (including phenoxy) is 1. The normalized spacial score (nSPS) is 16.0. The summed E-state index contributed by atoms with van der Waals surface area (Å²) in [6, 6.07) is 1.65. The fourth-order valence-electron chi connectivity index (χ4n) is 2.34. The molecule has 0 aliphatic carbocycles. The van der Waals surface area contributed by atoms with Crippen LogP contribution in [0.3, 0.4) is 0 Å². The predicted octanol–water partition coefficient (Wildman–Crippen LogP) is 1.48. The number of amides is 1. The lowest BCUT2D eigenvalue weighted by Crippen LogP contribution is -2.34. The van der Waals surface area contributed by atoms with Gasteiger partial charge < -0.3 is 15.0 Å². The first-order valence-electron chi connectivity index (χ1n) is 7.56. The Kier molecular flexibility index (Phi) is 5.92. The smallest absolute Gasteiger partial charge is 0.270 e. The number of piperidine rings is 1. The summed E-state index contributed by atoms with van der Waals surface area (Å²) < 4.78 is 4.95. The lowest BCUT2D eigenvalue weighted by atomic mass is 10.00. The third-order valence-electron chi connectivity index (χ3n) is 3.75. The highest BCUT2D eigenvalue weighted by atomic mass is 16.5. The molecular formula is C15H24N4O2. The lowest BCUT2D eigenvalue weighted by molar-refractivity contribution is 0.0943. The van der Waals surface area contributed by atoms with Crippen LogP contribution >= 0.6 is 0 Å². The van der Waals surface area contributed by atoms with Crippen molar-refractivity contribution in [3.8, 4) is 0 Å². The second-order valence-electron chi connectivity index (χ2n) is 5.51. The molecule has 0 saturated carbocycles. The summed E-state index contributed by atoms with van der Waals surface area (Å²) in [7, 11) is 1.65. The largest absolute Gasteiger partial charge is 0.385 e. The van der Waals surface area contributed by atoms with Crippen molar-refractivity contribution in [3.63, 3.8) is 0 Å². The molecule has 2 rings (SSSR count). The highest BCUT2D eigenvalue weighted by molar-refractivity contribution is 5.92. The number of methoxy groups -OCH3 is 1. The zero-order valence-corrected chi connectivity index (χ0v) is 12.8. The van der Waals surface area contributed by atoms with Gasteiger partial charge in [-0.2, -0.15) is 0 Å². The van der Waals surface area contributed by atoms with E-state index < -0.39 is 0 Å². The van der Waals surface area contributed by atoms with Gasteiger partial charge in [-0.15, -0.1) is 0 Å². The van der Waals surface area contributed by atoms with Crippen LogP contribution < -0.4 is 10.2 Å². The van der Waals surface area contributed by atoms with Crippen LogP contribution in [0, 0.1) is 5.92 Å². The fourth-order valence-corrected chi connectivity index (χ4v) is 2.34. The first-order valence-corrected chi connectivity index (χ1v) is 7.56. The van der Waals surface area contributed by atoms with Gasteiger partial charge in [0.15, 0.2) is 0 Å². The Balaban J connectivity index is 1.92. The molecule has 6 nitrogen and oxygen atoms in total. The number of hydrogen-bond acceptors (Lipinski definition) is 5. The highest BCUT2D eigenvalue weighted by Gasteiger charge is 2.19. The van der Waals surface area contributed by atoms with Gasteiger partial charge in [-0.3, -0.25) is 4.79 Å². The van der Waals surface area contributed by atoms with E-state index in [-0.39, 0.29) is 5.91 Å². The lowest BCUT2D eigenvalue weighted by Gasteiger charge is -2.30. The average Bonchev–Trinajstić information content (AvgIpc) is 2.52. The van der Waals surface area contributed by atoms with Crippen LogP contribution in [0.2, 0.25) is 0 Å². The minimum Gasteiger partial charge on any atom is -0.385 e. The highest BCUT2D eigenvalue weighted by Crippen LogP contribution is 2.19. The summed E-state index contributed by atoms with van der Waals surface area (Å²) in [6.07, 6.45) is 4.75. The summed E-state index contributed by atoms with van der Waals surface area (Å²) in [6.45, 7) is 5.41. The van der Waals surface area contributed by atoms with E-state index in [1.165, 1.54) is 0 Å². The van der Waals surface area contributed by atoms with Crippen molar-refractivity contribution in [2.24, 2.45) is 5.92 Å². The molecule has 0 aromatic carbocycles. The average molecular weight is 292 g/mol. The Morgan fingerprint density at radius 1 is 1.48 bits per heavy atom. The molecule has 0 radical (unpaired) electrons. The predicted molar refractivity (Wildman–Crippen MR) is 81.5 cm³/mol. The molecule has 0 atom stereocenters. The topological polar surface area (TPSA) is 67.3 Å². The molecule has 1 aliphatic rings. The van der Waals surface area contributed by atoms with Crippen molar-refractivity contribution in [1.29, 1.82) is 0 Å². The Bertz CT molecular complexity index is 459. The molecule has 6 heteroatoms. The van der Waals surface area contributed by atoms with Crippen LogP contribution in [-0.2, 0) is 4.74 Å². The monoisotopic (exact) mass is 292 g/mol. The van der Waals surface area contributed by atoms with E-state index in [1.807, 2.05) is 0 Å². The molecule has 1 saturated heterocycles. The zero-order valence-electron chi connectivity index (χ0n) is 12.8. The van der Waals surface area contributed by atoms with E-state index in [4.69, 9.17) is 4.74 Å². The number of carbonyl (C=O) groups is 1. The van der Waals surface area contributed by atoms with Crippen LogP contribution in [-0.4, -0.2) is 49.2 Å². The van der Waals surface area contributed by atoms with Crippen molar-refractivity contribution in [2.75, 3.05) is 38.3 Å². The van der Waals surface area contributed by atoms with Crippen molar-refractivity contribution in [2.45, 2.75) is 26.2 Å².